The first kappa shape index (κ1) is 16.2. The summed E-state index contributed by atoms with van der Waals surface area (Å²) in [5, 5.41) is 2.97. The SMILES string of the molecule is COC(CNC(=O)c1ccc(C)cc1C)c1ccccc1C. The molecule has 0 saturated carbocycles. The van der Waals surface area contributed by atoms with Crippen LogP contribution in [0.3, 0.4) is 0 Å². The molecule has 0 aliphatic carbocycles. The molecular weight excluding hydrogens is 274 g/mol. The summed E-state index contributed by atoms with van der Waals surface area (Å²) in [7, 11) is 1.67. The maximum absolute atomic E-state index is 12.3. The zero-order valence-electron chi connectivity index (χ0n) is 13.6. The second-order valence-electron chi connectivity index (χ2n) is 5.61. The van der Waals surface area contributed by atoms with Crippen LogP contribution >= 0.6 is 0 Å². The van der Waals surface area contributed by atoms with Crippen molar-refractivity contribution >= 4 is 5.91 Å². The number of benzene rings is 2. The largest absolute Gasteiger partial charge is 0.375 e. The Hall–Kier alpha value is -2.13. The molecule has 22 heavy (non-hydrogen) atoms. The third-order valence-electron chi connectivity index (χ3n) is 3.89. The molecule has 0 radical (unpaired) electrons. The maximum Gasteiger partial charge on any atom is 0.251 e. The molecule has 2 aromatic carbocycles. The van der Waals surface area contributed by atoms with E-state index in [4.69, 9.17) is 4.74 Å². The van der Waals surface area contributed by atoms with E-state index in [2.05, 4.69) is 5.32 Å². The van der Waals surface area contributed by atoms with Crippen molar-refractivity contribution in [2.45, 2.75) is 26.9 Å². The summed E-state index contributed by atoms with van der Waals surface area (Å²) in [6.07, 6.45) is -0.143. The predicted molar refractivity (Wildman–Crippen MR) is 89.2 cm³/mol. The molecule has 0 heterocycles. The van der Waals surface area contributed by atoms with Crippen molar-refractivity contribution in [1.29, 1.82) is 0 Å². The van der Waals surface area contributed by atoms with Crippen LogP contribution in [0.1, 0.15) is 38.7 Å². The van der Waals surface area contributed by atoms with Gasteiger partial charge < -0.3 is 10.1 Å². The summed E-state index contributed by atoms with van der Waals surface area (Å²) in [5.74, 6) is -0.0619. The lowest BCUT2D eigenvalue weighted by Crippen LogP contribution is -2.29. The molecule has 0 aliphatic rings. The summed E-state index contributed by atoms with van der Waals surface area (Å²) >= 11 is 0. The fraction of sp³-hybridized carbons (Fsp3) is 0.316. The Morgan fingerprint density at radius 3 is 2.45 bits per heavy atom. The summed E-state index contributed by atoms with van der Waals surface area (Å²) < 4.78 is 5.54. The minimum atomic E-state index is -0.143. The van der Waals surface area contributed by atoms with Crippen LogP contribution in [0.15, 0.2) is 42.5 Å². The number of amides is 1. The van der Waals surface area contributed by atoms with Gasteiger partial charge in [-0.05, 0) is 43.5 Å². The molecule has 3 heteroatoms. The van der Waals surface area contributed by atoms with E-state index < -0.39 is 0 Å². The van der Waals surface area contributed by atoms with Gasteiger partial charge in [0, 0.05) is 19.2 Å². The third-order valence-corrected chi connectivity index (χ3v) is 3.89. The number of ether oxygens (including phenoxy) is 1. The highest BCUT2D eigenvalue weighted by atomic mass is 16.5. The lowest BCUT2D eigenvalue weighted by Gasteiger charge is -2.19. The van der Waals surface area contributed by atoms with Crippen LogP contribution in [0.25, 0.3) is 0 Å². The molecule has 0 fully saturated rings. The summed E-state index contributed by atoms with van der Waals surface area (Å²) in [6, 6.07) is 13.9. The van der Waals surface area contributed by atoms with E-state index >= 15 is 0 Å². The van der Waals surface area contributed by atoms with Crippen LogP contribution in [0.4, 0.5) is 0 Å². The van der Waals surface area contributed by atoms with Crippen molar-refractivity contribution in [3.8, 4) is 0 Å². The molecule has 2 aromatic rings. The fourth-order valence-corrected chi connectivity index (χ4v) is 2.62. The van der Waals surface area contributed by atoms with Crippen LogP contribution in [0, 0.1) is 20.8 Å². The smallest absolute Gasteiger partial charge is 0.251 e. The molecule has 0 saturated heterocycles. The molecule has 3 nitrogen and oxygen atoms in total. The zero-order chi connectivity index (χ0) is 16.1. The normalized spacial score (nSPS) is 12.0. The van der Waals surface area contributed by atoms with Crippen LogP contribution in [-0.2, 0) is 4.74 Å². The van der Waals surface area contributed by atoms with E-state index in [-0.39, 0.29) is 12.0 Å². The number of methoxy groups -OCH3 is 1. The molecule has 1 N–H and O–H groups in total. The minimum absolute atomic E-state index is 0.0619. The summed E-state index contributed by atoms with van der Waals surface area (Å²) in [5.41, 5.74) is 5.12. The number of carbonyl (C=O) groups is 1. The van der Waals surface area contributed by atoms with Gasteiger partial charge in [-0.1, -0.05) is 42.0 Å². The highest BCUT2D eigenvalue weighted by Gasteiger charge is 2.15. The molecule has 0 spiro atoms. The molecule has 1 atom stereocenters. The Morgan fingerprint density at radius 1 is 1.09 bits per heavy atom. The van der Waals surface area contributed by atoms with Gasteiger partial charge in [0.25, 0.3) is 5.91 Å². The van der Waals surface area contributed by atoms with Crippen LogP contribution in [0.5, 0.6) is 0 Å². The van der Waals surface area contributed by atoms with Crippen molar-refractivity contribution in [2.75, 3.05) is 13.7 Å². The van der Waals surface area contributed by atoms with Gasteiger partial charge in [-0.25, -0.2) is 0 Å². The van der Waals surface area contributed by atoms with Crippen LogP contribution < -0.4 is 5.32 Å². The maximum atomic E-state index is 12.3. The average molecular weight is 297 g/mol. The summed E-state index contributed by atoms with van der Waals surface area (Å²) in [6.45, 7) is 6.48. The average Bonchev–Trinajstić information content (AvgIpc) is 2.49. The van der Waals surface area contributed by atoms with Crippen LogP contribution in [0.2, 0.25) is 0 Å². The number of hydrogen-bond donors (Lipinski definition) is 1. The second-order valence-corrected chi connectivity index (χ2v) is 5.61. The molecule has 2 rings (SSSR count). The van der Waals surface area contributed by atoms with Gasteiger partial charge in [0.2, 0.25) is 0 Å². The number of hydrogen-bond acceptors (Lipinski definition) is 2. The number of carbonyl (C=O) groups excluding carboxylic acids is 1. The molecule has 0 bridgehead atoms. The Balaban J connectivity index is 2.07. The van der Waals surface area contributed by atoms with E-state index in [0.29, 0.717) is 12.1 Å². The van der Waals surface area contributed by atoms with E-state index in [1.165, 1.54) is 0 Å². The monoisotopic (exact) mass is 297 g/mol. The molecule has 1 unspecified atom stereocenters. The third kappa shape index (κ3) is 3.74. The van der Waals surface area contributed by atoms with Crippen molar-refractivity contribution in [1.82, 2.24) is 5.32 Å². The quantitative estimate of drug-likeness (QED) is 0.913. The highest BCUT2D eigenvalue weighted by Crippen LogP contribution is 2.20. The van der Waals surface area contributed by atoms with Crippen LogP contribution in [-0.4, -0.2) is 19.6 Å². The first-order chi connectivity index (χ1) is 10.5. The molecule has 1 amide bonds. The first-order valence-corrected chi connectivity index (χ1v) is 7.46. The Kier molecular flexibility index (Phi) is 5.34. The van der Waals surface area contributed by atoms with Gasteiger partial charge in [-0.3, -0.25) is 4.79 Å². The zero-order valence-corrected chi connectivity index (χ0v) is 13.6. The summed E-state index contributed by atoms with van der Waals surface area (Å²) in [4.78, 5) is 12.3. The van der Waals surface area contributed by atoms with Gasteiger partial charge >= 0.3 is 0 Å². The van der Waals surface area contributed by atoms with Gasteiger partial charge in [-0.2, -0.15) is 0 Å². The molecule has 0 aliphatic heterocycles. The topological polar surface area (TPSA) is 38.3 Å². The Morgan fingerprint density at radius 2 is 1.82 bits per heavy atom. The Bertz CT molecular complexity index is 664. The molecule has 116 valence electrons. The van der Waals surface area contributed by atoms with Gasteiger partial charge in [0.05, 0.1) is 6.10 Å². The highest BCUT2D eigenvalue weighted by molar-refractivity contribution is 5.95. The minimum Gasteiger partial charge on any atom is -0.375 e. The van der Waals surface area contributed by atoms with Crippen molar-refractivity contribution in [3.63, 3.8) is 0 Å². The lowest BCUT2D eigenvalue weighted by molar-refractivity contribution is 0.0825. The van der Waals surface area contributed by atoms with Gasteiger partial charge in [0.15, 0.2) is 0 Å². The molecular formula is C19H23NO2. The number of nitrogens with one attached hydrogen (secondary N) is 1. The fourth-order valence-electron chi connectivity index (χ4n) is 2.62. The predicted octanol–water partition coefficient (Wildman–Crippen LogP) is 3.73. The number of aryl methyl sites for hydroxylation is 3. The van der Waals surface area contributed by atoms with Crippen molar-refractivity contribution in [2.24, 2.45) is 0 Å². The van der Waals surface area contributed by atoms with Gasteiger partial charge in [0.1, 0.15) is 0 Å². The molecule has 0 aromatic heterocycles. The Labute approximate surface area is 132 Å². The van der Waals surface area contributed by atoms with E-state index in [1.54, 1.807) is 7.11 Å². The van der Waals surface area contributed by atoms with E-state index in [9.17, 15) is 4.79 Å². The van der Waals surface area contributed by atoms with Gasteiger partial charge in [-0.15, -0.1) is 0 Å². The standard InChI is InChI=1S/C19H23NO2/c1-13-9-10-17(15(3)11-13)19(21)20-12-18(22-4)16-8-6-5-7-14(16)2/h5-11,18H,12H2,1-4H3,(H,20,21). The van der Waals surface area contributed by atoms with Crippen molar-refractivity contribution in [3.05, 3.63) is 70.3 Å². The number of rotatable bonds is 5. The van der Waals surface area contributed by atoms with Crippen molar-refractivity contribution < 1.29 is 9.53 Å². The lowest BCUT2D eigenvalue weighted by atomic mass is 10.0. The second kappa shape index (κ2) is 7.23. The van der Waals surface area contributed by atoms with E-state index in [1.807, 2.05) is 63.2 Å². The first-order valence-electron chi connectivity index (χ1n) is 7.46. The van der Waals surface area contributed by atoms with E-state index in [0.717, 1.165) is 22.3 Å².